The maximum atomic E-state index is 9.60. The Morgan fingerprint density at radius 1 is 0.270 bits per heavy atom. The summed E-state index contributed by atoms with van der Waals surface area (Å²) < 4.78 is 0. The Bertz CT molecular complexity index is 7210. The molecule has 17 N–H and O–H groups in total. The Hall–Kier alpha value is -16.7. The largest absolute Gasteiger partial charge is 0.394 e. The van der Waals surface area contributed by atoms with Crippen molar-refractivity contribution >= 4 is 118 Å². The van der Waals surface area contributed by atoms with Crippen LogP contribution in [0.2, 0.25) is 0 Å². The van der Waals surface area contributed by atoms with Gasteiger partial charge in [-0.1, -0.05) is 188 Å². The molecule has 32 nitrogen and oxygen atoms in total. The zero-order valence-electron chi connectivity index (χ0n) is 79.3. The summed E-state index contributed by atoms with van der Waals surface area (Å²) in [4.78, 5) is 86.5. The lowest BCUT2D eigenvalue weighted by molar-refractivity contribution is 0.276. The summed E-state index contributed by atoms with van der Waals surface area (Å²) in [6, 6.07) is 77.2. The van der Waals surface area contributed by atoms with Crippen molar-refractivity contribution in [1.29, 1.82) is 0 Å². The van der Waals surface area contributed by atoms with E-state index in [9.17, 15) is 15.3 Å². The summed E-state index contributed by atoms with van der Waals surface area (Å²) in [6.45, 7) is 12.1. The number of benzene rings is 7. The van der Waals surface area contributed by atoms with Crippen LogP contribution in [-0.4, -0.2) is 145 Å². The molecule has 0 saturated heterocycles. The average molecular weight is 1880 g/mol. The number of aromatic amines is 7. The van der Waals surface area contributed by atoms with Gasteiger partial charge in [0.15, 0.2) is 11.5 Å². The number of fused-ring (bicyclic) bond motifs is 11. The number of imidazole rings is 1. The second-order valence-electron chi connectivity index (χ2n) is 35.8. The zero-order valence-corrected chi connectivity index (χ0v) is 79.3. The van der Waals surface area contributed by atoms with E-state index in [0.717, 1.165) is 196 Å². The minimum atomic E-state index is -0.220. The zero-order chi connectivity index (χ0) is 96.5. The lowest BCUT2D eigenvalue weighted by atomic mass is 9.88. The molecule has 4 aliphatic rings. The van der Waals surface area contributed by atoms with Crippen LogP contribution in [0.1, 0.15) is 176 Å². The van der Waals surface area contributed by atoms with Gasteiger partial charge in [0.05, 0.1) is 101 Å². The van der Waals surface area contributed by atoms with E-state index in [1.54, 1.807) is 31.6 Å². The first-order valence-electron chi connectivity index (χ1n) is 47.8. The fourth-order valence-electron chi connectivity index (χ4n) is 19.1. The normalized spacial score (nSPS) is 15.4. The summed E-state index contributed by atoms with van der Waals surface area (Å²) in [5.41, 5.74) is 27.4. The van der Waals surface area contributed by atoms with Crippen molar-refractivity contribution in [3.8, 4) is 0 Å². The average Bonchev–Trinajstić information content (AvgIpc) is 1.72. The smallest absolute Gasteiger partial charge is 0.182 e. The molecule has 25 rings (SSSR count). The van der Waals surface area contributed by atoms with Gasteiger partial charge < -0.3 is 87.4 Å². The van der Waals surface area contributed by atoms with Crippen molar-refractivity contribution in [3.05, 3.63) is 370 Å². The maximum Gasteiger partial charge on any atom is 0.182 e. The Morgan fingerprint density at radius 3 is 0.823 bits per heavy atom. The molecule has 0 bridgehead atoms. The highest BCUT2D eigenvalue weighted by atomic mass is 16.3. The lowest BCUT2D eigenvalue weighted by Crippen LogP contribution is -2.18. The molecule has 4 aliphatic carbocycles. The number of hydrogen-bond acceptors (Lipinski definition) is 25. The minimum absolute atomic E-state index is 0.00108. The van der Waals surface area contributed by atoms with E-state index in [1.165, 1.54) is 89.2 Å². The molecule has 141 heavy (non-hydrogen) atoms. The molecule has 21 aromatic rings. The predicted octanol–water partition coefficient (Wildman–Crippen LogP) is 20.6. The Balaban J connectivity index is 0.000000105. The van der Waals surface area contributed by atoms with E-state index in [2.05, 4.69) is 268 Å². The third kappa shape index (κ3) is 22.0. The number of nitrogens with one attached hydrogen (secondary N) is 14. The van der Waals surface area contributed by atoms with Gasteiger partial charge >= 0.3 is 0 Å². The summed E-state index contributed by atoms with van der Waals surface area (Å²) >= 11 is 0. The molecule has 0 unspecified atom stereocenters. The number of anilines is 7. The minimum Gasteiger partial charge on any atom is -0.394 e. The molecule has 0 spiro atoms. The summed E-state index contributed by atoms with van der Waals surface area (Å²) in [7, 11) is 0. The van der Waals surface area contributed by atoms with Crippen LogP contribution < -0.4 is 37.2 Å². The van der Waals surface area contributed by atoms with Crippen molar-refractivity contribution < 1.29 is 15.3 Å². The second-order valence-corrected chi connectivity index (χ2v) is 35.8. The van der Waals surface area contributed by atoms with Crippen LogP contribution in [0.15, 0.2) is 275 Å². The Kier molecular flexibility index (Phi) is 29.0. The summed E-state index contributed by atoms with van der Waals surface area (Å²) in [5, 5.41) is 59.0. The van der Waals surface area contributed by atoms with Gasteiger partial charge in [-0.2, -0.15) is 0 Å². The van der Waals surface area contributed by atoms with E-state index in [1.807, 2.05) is 145 Å². The van der Waals surface area contributed by atoms with Crippen LogP contribution in [0.25, 0.3) is 77.4 Å². The Morgan fingerprint density at radius 2 is 0.518 bits per heavy atom. The van der Waals surface area contributed by atoms with Gasteiger partial charge in [-0.3, -0.25) is 0 Å². The molecule has 14 aromatic heterocycles. The van der Waals surface area contributed by atoms with Crippen LogP contribution >= 0.6 is 0 Å². The SMILES string of the molecule is Cc1cc2c(N[C@@H](CO)c3ccccc3)ncnc2[nH]1.Cc1cc2c(N[C@@H]3CCCc4ccccc43)ncnc2[nH]1.Cc1cc2c(N[C@@H]3CCc4ccccc43)ncnc2[nH]1.Cc1cc2c(N[C@H](CO)c3ccccc3)ncnc2[nH]1.Cc1cc2c(N[C@H]3CCCc4ccccc43)ncnc2[nH]1.Cc1cc2c(N[C@H]3CCc4ccccc43)ncnc2[nH]1.OC[C@H](Nc1ncnc2nc[nH]c12)c1ccccc1. The van der Waals surface area contributed by atoms with E-state index < -0.39 is 0 Å². The highest BCUT2D eigenvalue weighted by Gasteiger charge is 2.28. The summed E-state index contributed by atoms with van der Waals surface area (Å²) in [6.07, 6.45) is 24.1. The van der Waals surface area contributed by atoms with Gasteiger partial charge in [-0.05, 0) is 203 Å². The molecule has 0 aliphatic heterocycles. The number of nitrogens with zero attached hydrogens (tertiary/aromatic N) is 15. The molecule has 0 saturated carbocycles. The van der Waals surface area contributed by atoms with Crippen LogP contribution in [-0.2, 0) is 25.7 Å². The highest BCUT2D eigenvalue weighted by Crippen LogP contribution is 2.40. The van der Waals surface area contributed by atoms with Crippen LogP contribution in [0.3, 0.4) is 0 Å². The molecule has 0 amide bonds. The van der Waals surface area contributed by atoms with Crippen molar-refractivity contribution in [2.75, 3.05) is 57.0 Å². The predicted molar refractivity (Wildman–Crippen MR) is 557 cm³/mol. The van der Waals surface area contributed by atoms with E-state index in [0.29, 0.717) is 35.6 Å². The van der Waals surface area contributed by atoms with Gasteiger partial charge in [-0.25, -0.2) is 74.8 Å². The molecular weight excluding hydrogens is 1760 g/mol. The number of rotatable bonds is 20. The first-order valence-corrected chi connectivity index (χ1v) is 47.8. The third-order valence-electron chi connectivity index (χ3n) is 25.9. The number of aliphatic hydroxyl groups is 3. The molecule has 32 heteroatoms. The quantitative estimate of drug-likeness (QED) is 0.0337. The number of aliphatic hydroxyl groups excluding tert-OH is 3. The molecule has 7 aromatic carbocycles. The highest BCUT2D eigenvalue weighted by molar-refractivity contribution is 5.92. The Labute approximate surface area is 813 Å². The van der Waals surface area contributed by atoms with Crippen LogP contribution in [0, 0.1) is 41.5 Å². The third-order valence-corrected chi connectivity index (χ3v) is 25.9. The summed E-state index contributed by atoms with van der Waals surface area (Å²) in [5.74, 6) is 5.76. The molecule has 712 valence electrons. The number of aromatic nitrogens is 22. The second kappa shape index (κ2) is 43.7. The van der Waals surface area contributed by atoms with Gasteiger partial charge in [0.25, 0.3) is 0 Å². The number of hydrogen-bond donors (Lipinski definition) is 17. The first kappa shape index (κ1) is 93.3. The monoisotopic (exact) mass is 1880 g/mol. The van der Waals surface area contributed by atoms with Crippen molar-refractivity contribution in [2.24, 2.45) is 0 Å². The van der Waals surface area contributed by atoms with Crippen molar-refractivity contribution in [1.82, 2.24) is 110 Å². The van der Waals surface area contributed by atoms with Crippen molar-refractivity contribution in [3.63, 3.8) is 0 Å². The molecule has 14 heterocycles. The first-order chi connectivity index (χ1) is 69.2. The lowest BCUT2D eigenvalue weighted by Gasteiger charge is -2.26. The maximum absolute atomic E-state index is 9.60. The van der Waals surface area contributed by atoms with Crippen LogP contribution in [0.5, 0.6) is 0 Å². The van der Waals surface area contributed by atoms with Gasteiger partial charge in [0.2, 0.25) is 0 Å². The van der Waals surface area contributed by atoms with Gasteiger partial charge in [-0.15, -0.1) is 0 Å². The van der Waals surface area contributed by atoms with E-state index in [-0.39, 0.29) is 37.9 Å². The molecular formula is C109H113N29O3. The van der Waals surface area contributed by atoms with E-state index in [4.69, 9.17) is 0 Å². The standard InChI is InChI=1S/2C17H18N4.2C16H16N4.2C15H16N4O.C13H13N5O/c2*1-11-9-14-16(20-11)18-10-19-17(14)21-15-8-4-6-12-5-2-3-7-13(12)15;2*1-10-8-13-15(19-10)17-9-18-16(13)20-14-7-6-11-4-2-3-5-12(11)14;2*1-10-7-12-14(18-10)16-9-17-15(12)19-13(8-20)11-5-3-2-4-6-11;19-6-10(9-4-2-1-3-5-9)18-13-11-12(15-7-14-11)16-8-17-13/h2*2-3,5,7,9-10,15H,4,6,8H2,1H3,(H2,18,19,20,21);2*2-5,8-9,14H,6-7H2,1H3,(H2,17,18,19,20);2*2-7,9,13,20H,8H2,1H3,(H2,16,17,18,19);1-5,7-8,10,19H,6H2,(H2,14,15,16,17,18)/t2*15-;2*14-;2*13-;10-/m1010100/s1. The number of aryl methyl sites for hydroxylation is 10. The van der Waals surface area contributed by atoms with Gasteiger partial charge in [0.1, 0.15) is 119 Å². The van der Waals surface area contributed by atoms with E-state index >= 15 is 0 Å². The fourth-order valence-corrected chi connectivity index (χ4v) is 19.1. The number of H-pyrrole nitrogens is 7. The topological polar surface area (TPSA) is 449 Å². The fraction of sp³-hybridized carbons (Fsp3) is 0.239. The molecule has 0 radical (unpaired) electrons. The molecule has 0 fully saturated rings. The van der Waals surface area contributed by atoms with Crippen molar-refractivity contribution in [2.45, 2.75) is 148 Å². The van der Waals surface area contributed by atoms with Gasteiger partial charge in [0, 0.05) is 34.2 Å². The molecule has 7 atom stereocenters. The van der Waals surface area contributed by atoms with Crippen LogP contribution in [0.4, 0.5) is 40.7 Å².